The number of hydroxylamine groups is 2. The van der Waals surface area contributed by atoms with Crippen LogP contribution in [0.1, 0.15) is 27.7 Å². The van der Waals surface area contributed by atoms with Crippen molar-refractivity contribution in [1.29, 1.82) is 0 Å². The molecule has 1 aliphatic rings. The predicted molar refractivity (Wildman–Crippen MR) is 53.5 cm³/mol. The van der Waals surface area contributed by atoms with Crippen LogP contribution in [0.3, 0.4) is 0 Å². The largest absolute Gasteiger partial charge is 0.251 e. The van der Waals surface area contributed by atoms with Gasteiger partial charge in [0.15, 0.2) is 0 Å². The Kier molecular flexibility index (Phi) is 1.88. The maximum absolute atomic E-state index is 12.0. The summed E-state index contributed by atoms with van der Waals surface area (Å²) in [5.74, 6) is 0.294. The quantitative estimate of drug-likeness (QED) is 0.630. The van der Waals surface area contributed by atoms with Gasteiger partial charge in [0.1, 0.15) is 12.7 Å². The van der Waals surface area contributed by atoms with Gasteiger partial charge >= 0.3 is 0 Å². The molecular weight excluding hydrogens is 194 g/mol. The summed E-state index contributed by atoms with van der Waals surface area (Å²) in [6.07, 6.45) is 2.86. The number of hydrogen-bond donors (Lipinski definition) is 0. The van der Waals surface area contributed by atoms with Gasteiger partial charge in [-0.25, -0.2) is 9.98 Å². The first-order chi connectivity index (χ1) is 6.86. The van der Waals surface area contributed by atoms with Crippen LogP contribution in [0, 0.1) is 0 Å². The Labute approximate surface area is 88.2 Å². The lowest BCUT2D eigenvalue weighted by atomic mass is 9.84. The lowest BCUT2D eigenvalue weighted by molar-refractivity contribution is -0.161. The van der Waals surface area contributed by atoms with Gasteiger partial charge < -0.3 is 0 Å². The first-order valence-corrected chi connectivity index (χ1v) is 4.78. The summed E-state index contributed by atoms with van der Waals surface area (Å²) in [5, 5.41) is 16.8. The molecule has 0 aromatic carbocycles. The van der Waals surface area contributed by atoms with Gasteiger partial charge in [-0.3, -0.25) is 0 Å². The smallest absolute Gasteiger partial charge is 0.240 e. The summed E-state index contributed by atoms with van der Waals surface area (Å²) in [5.41, 5.74) is -1.01. The fraction of sp³-hybridized carbons (Fsp3) is 0.667. The third-order valence-electron chi connectivity index (χ3n) is 3.19. The molecule has 1 aromatic rings. The lowest BCUT2D eigenvalue weighted by Crippen LogP contribution is -2.51. The van der Waals surface area contributed by atoms with E-state index in [0.717, 1.165) is 5.06 Å². The molecule has 2 rings (SSSR count). The second-order valence-electron chi connectivity index (χ2n) is 4.66. The first-order valence-electron chi connectivity index (χ1n) is 4.78. The van der Waals surface area contributed by atoms with E-state index in [4.69, 9.17) is 0 Å². The normalized spacial score (nSPS) is 23.0. The molecule has 81 valence electrons. The van der Waals surface area contributed by atoms with Crippen molar-refractivity contribution in [3.63, 3.8) is 0 Å². The lowest BCUT2D eigenvalue weighted by Gasteiger charge is -2.34. The standard InChI is InChI=1S/C9H14N5O/c1-8(2)9(3,4)14(15)7(12-8)13-6-10-5-11-13/h5-6H,1-4H3. The fourth-order valence-corrected chi connectivity index (χ4v) is 1.39. The SMILES string of the molecule is CC1(C)N=C(n2cncn2)N([O])C1(C)C. The van der Waals surface area contributed by atoms with E-state index in [0.29, 0.717) is 5.96 Å². The Morgan fingerprint density at radius 3 is 2.33 bits per heavy atom. The monoisotopic (exact) mass is 208 g/mol. The van der Waals surface area contributed by atoms with Gasteiger partial charge in [-0.15, -0.1) is 0 Å². The van der Waals surface area contributed by atoms with Crippen LogP contribution >= 0.6 is 0 Å². The van der Waals surface area contributed by atoms with Gasteiger partial charge in [0.05, 0.1) is 11.1 Å². The molecule has 0 saturated heterocycles. The minimum absolute atomic E-state index is 0.294. The highest BCUT2D eigenvalue weighted by Crippen LogP contribution is 2.36. The van der Waals surface area contributed by atoms with Gasteiger partial charge in [-0.1, -0.05) is 5.21 Å². The van der Waals surface area contributed by atoms with Crippen molar-refractivity contribution >= 4 is 5.96 Å². The summed E-state index contributed by atoms with van der Waals surface area (Å²) >= 11 is 0. The zero-order chi connectivity index (χ0) is 11.3. The maximum atomic E-state index is 12.0. The van der Waals surface area contributed by atoms with Gasteiger partial charge in [0, 0.05) is 0 Å². The van der Waals surface area contributed by atoms with E-state index >= 15 is 0 Å². The van der Waals surface area contributed by atoms with Crippen LogP contribution in [0.4, 0.5) is 0 Å². The summed E-state index contributed by atoms with van der Waals surface area (Å²) in [7, 11) is 0. The Morgan fingerprint density at radius 2 is 1.93 bits per heavy atom. The Bertz CT molecular complexity index is 393. The van der Waals surface area contributed by atoms with Crippen molar-refractivity contribution in [3.8, 4) is 0 Å². The average molecular weight is 208 g/mol. The molecule has 1 aromatic heterocycles. The number of aliphatic imine (C=N–C) groups is 1. The number of hydrogen-bond acceptors (Lipinski definition) is 4. The minimum atomic E-state index is -0.575. The Hall–Kier alpha value is -1.43. The number of aromatic nitrogens is 3. The van der Waals surface area contributed by atoms with E-state index in [1.165, 1.54) is 17.3 Å². The molecule has 0 bridgehead atoms. The summed E-state index contributed by atoms with van der Waals surface area (Å²) < 4.78 is 1.39. The Balaban J connectivity index is 2.46. The fourth-order valence-electron chi connectivity index (χ4n) is 1.39. The molecule has 2 heterocycles. The van der Waals surface area contributed by atoms with E-state index < -0.39 is 11.1 Å². The molecule has 1 aliphatic heterocycles. The number of rotatable bonds is 0. The van der Waals surface area contributed by atoms with Crippen molar-refractivity contribution in [2.24, 2.45) is 4.99 Å². The minimum Gasteiger partial charge on any atom is -0.240 e. The van der Waals surface area contributed by atoms with Crippen molar-refractivity contribution < 1.29 is 5.21 Å². The predicted octanol–water partition coefficient (Wildman–Crippen LogP) is 0.700. The van der Waals surface area contributed by atoms with Crippen LogP contribution in [-0.4, -0.2) is 36.9 Å². The molecule has 0 aliphatic carbocycles. The molecule has 0 spiro atoms. The molecule has 6 heteroatoms. The molecule has 0 unspecified atom stereocenters. The van der Waals surface area contributed by atoms with E-state index in [9.17, 15) is 5.21 Å². The highest BCUT2D eigenvalue weighted by atomic mass is 16.5. The third kappa shape index (κ3) is 1.25. The van der Waals surface area contributed by atoms with Gasteiger partial charge in [0.25, 0.3) is 5.96 Å². The molecule has 0 atom stereocenters. The van der Waals surface area contributed by atoms with E-state index in [2.05, 4.69) is 15.1 Å². The van der Waals surface area contributed by atoms with E-state index in [-0.39, 0.29) is 0 Å². The zero-order valence-electron chi connectivity index (χ0n) is 9.30. The summed E-state index contributed by atoms with van der Waals surface area (Å²) in [6.45, 7) is 7.60. The summed E-state index contributed by atoms with van der Waals surface area (Å²) in [4.78, 5) is 8.19. The van der Waals surface area contributed by atoms with Gasteiger partial charge in [0.2, 0.25) is 0 Å². The van der Waals surface area contributed by atoms with Crippen LogP contribution < -0.4 is 0 Å². The van der Waals surface area contributed by atoms with Crippen molar-refractivity contribution in [3.05, 3.63) is 12.7 Å². The van der Waals surface area contributed by atoms with Crippen LogP contribution in [-0.2, 0) is 5.21 Å². The molecule has 0 amide bonds. The number of nitrogens with zero attached hydrogens (tertiary/aromatic N) is 5. The van der Waals surface area contributed by atoms with E-state index in [1.54, 1.807) is 0 Å². The van der Waals surface area contributed by atoms with Crippen molar-refractivity contribution in [1.82, 2.24) is 19.8 Å². The molecule has 0 saturated carbocycles. The highest BCUT2D eigenvalue weighted by molar-refractivity contribution is 5.83. The topological polar surface area (TPSA) is 66.2 Å². The third-order valence-corrected chi connectivity index (χ3v) is 3.19. The molecule has 0 fully saturated rings. The average Bonchev–Trinajstić information content (AvgIpc) is 2.69. The molecular formula is C9H14N5O. The molecule has 15 heavy (non-hydrogen) atoms. The molecule has 0 N–H and O–H groups in total. The van der Waals surface area contributed by atoms with Crippen LogP contribution in [0.25, 0.3) is 0 Å². The van der Waals surface area contributed by atoms with Crippen LogP contribution in [0.15, 0.2) is 17.6 Å². The van der Waals surface area contributed by atoms with Crippen molar-refractivity contribution in [2.75, 3.05) is 0 Å². The van der Waals surface area contributed by atoms with Gasteiger partial charge in [-0.2, -0.15) is 14.8 Å². The molecule has 1 radical (unpaired) electrons. The van der Waals surface area contributed by atoms with Gasteiger partial charge in [-0.05, 0) is 27.7 Å². The molecule has 6 nitrogen and oxygen atoms in total. The second kappa shape index (κ2) is 2.79. The van der Waals surface area contributed by atoms with Crippen LogP contribution in [0.2, 0.25) is 0 Å². The Morgan fingerprint density at radius 1 is 1.27 bits per heavy atom. The van der Waals surface area contributed by atoms with Crippen molar-refractivity contribution in [2.45, 2.75) is 38.8 Å². The second-order valence-corrected chi connectivity index (χ2v) is 4.66. The summed E-state index contributed by atoms with van der Waals surface area (Å²) in [6, 6.07) is 0. The highest BCUT2D eigenvalue weighted by Gasteiger charge is 2.50. The van der Waals surface area contributed by atoms with Crippen LogP contribution in [0.5, 0.6) is 0 Å². The first kappa shape index (κ1) is 10.1. The maximum Gasteiger partial charge on any atom is 0.251 e. The van der Waals surface area contributed by atoms with E-state index in [1.807, 2.05) is 27.7 Å². The zero-order valence-corrected chi connectivity index (χ0v) is 9.30.